The van der Waals surface area contributed by atoms with Gasteiger partial charge in [-0.25, -0.2) is 4.79 Å². The molecule has 0 bridgehead atoms. The van der Waals surface area contributed by atoms with Gasteiger partial charge in [-0.1, -0.05) is 20.8 Å². The molecule has 0 radical (unpaired) electrons. The lowest BCUT2D eigenvalue weighted by Gasteiger charge is -2.44. The van der Waals surface area contributed by atoms with Gasteiger partial charge in [0.2, 0.25) is 0 Å². The number of carboxylic acid groups (broad SMARTS) is 1. The Morgan fingerprint density at radius 3 is 2.67 bits per heavy atom. The summed E-state index contributed by atoms with van der Waals surface area (Å²) in [5, 5.41) is 24.1. The van der Waals surface area contributed by atoms with Gasteiger partial charge in [-0.15, -0.1) is 0 Å². The Bertz CT molecular complexity index is 549. The predicted molar refractivity (Wildman–Crippen MR) is 75.1 cm³/mol. The van der Waals surface area contributed by atoms with E-state index in [1.807, 2.05) is 20.8 Å². The molecule has 1 fully saturated rings. The summed E-state index contributed by atoms with van der Waals surface area (Å²) in [7, 11) is 0. The summed E-state index contributed by atoms with van der Waals surface area (Å²) in [6.45, 7) is 6.42. The molecule has 116 valence electrons. The van der Waals surface area contributed by atoms with Gasteiger partial charge >= 0.3 is 11.8 Å². The zero-order chi connectivity index (χ0) is 15.8. The third kappa shape index (κ3) is 3.14. The van der Waals surface area contributed by atoms with E-state index >= 15 is 0 Å². The summed E-state index contributed by atoms with van der Waals surface area (Å²) in [6.07, 6.45) is 2.95. The van der Waals surface area contributed by atoms with E-state index in [9.17, 15) is 20.0 Å². The Morgan fingerprint density at radius 2 is 2.19 bits per heavy atom. The molecule has 0 saturated carbocycles. The van der Waals surface area contributed by atoms with E-state index in [0.29, 0.717) is 19.4 Å². The van der Waals surface area contributed by atoms with Gasteiger partial charge in [-0.3, -0.25) is 14.8 Å². The topological polar surface area (TPSA) is 101 Å². The smallest absolute Gasteiger partial charge is 0.407 e. The quantitative estimate of drug-likeness (QED) is 0.667. The van der Waals surface area contributed by atoms with Gasteiger partial charge in [-0.2, -0.15) is 5.10 Å². The number of nitrogens with zero attached hydrogens (tertiary/aromatic N) is 4. The van der Waals surface area contributed by atoms with Crippen LogP contribution in [-0.4, -0.2) is 43.4 Å². The van der Waals surface area contributed by atoms with E-state index in [1.54, 1.807) is 4.68 Å². The minimum atomic E-state index is -0.917. The second-order valence-corrected chi connectivity index (χ2v) is 6.47. The highest BCUT2D eigenvalue weighted by Crippen LogP contribution is 2.36. The largest absolute Gasteiger partial charge is 0.465 e. The van der Waals surface area contributed by atoms with Crippen molar-refractivity contribution < 1.29 is 14.8 Å². The molecule has 2 atom stereocenters. The molecular weight excluding hydrogens is 276 g/mol. The Balaban J connectivity index is 2.20. The number of hydrogen-bond donors (Lipinski definition) is 1. The van der Waals surface area contributed by atoms with Crippen molar-refractivity contribution in [2.45, 2.75) is 45.7 Å². The van der Waals surface area contributed by atoms with Crippen LogP contribution in [0, 0.1) is 15.5 Å². The summed E-state index contributed by atoms with van der Waals surface area (Å²) in [5.41, 5.74) is -0.237. The first-order valence-electron chi connectivity index (χ1n) is 6.88. The standard InChI is InChI=1S/C13H20N4O4/c1-13(2,3)11-6-9(4-5-15(11)12(18)19)16-8-10(7-14-16)17(20)21/h7-9,11H,4-6H2,1-3H3,(H,18,19). The minimum Gasteiger partial charge on any atom is -0.465 e. The number of nitro groups is 1. The molecule has 0 spiro atoms. The molecule has 0 aromatic carbocycles. The Morgan fingerprint density at radius 1 is 1.52 bits per heavy atom. The van der Waals surface area contributed by atoms with Gasteiger partial charge in [0.15, 0.2) is 0 Å². The average Bonchev–Trinajstić information content (AvgIpc) is 2.86. The number of hydrogen-bond acceptors (Lipinski definition) is 4. The summed E-state index contributed by atoms with van der Waals surface area (Å²) in [5.74, 6) is 0. The number of amides is 1. The van der Waals surface area contributed by atoms with Gasteiger partial charge in [0, 0.05) is 12.6 Å². The Hall–Kier alpha value is -2.12. The summed E-state index contributed by atoms with van der Waals surface area (Å²) < 4.78 is 1.59. The highest BCUT2D eigenvalue weighted by Gasteiger charge is 2.39. The summed E-state index contributed by atoms with van der Waals surface area (Å²) in [4.78, 5) is 23.1. The van der Waals surface area contributed by atoms with Crippen molar-refractivity contribution >= 4 is 11.8 Å². The lowest BCUT2D eigenvalue weighted by atomic mass is 9.79. The lowest BCUT2D eigenvalue weighted by molar-refractivity contribution is -0.385. The molecule has 8 heteroatoms. The van der Waals surface area contributed by atoms with Gasteiger partial charge in [0.1, 0.15) is 12.4 Å². The summed E-state index contributed by atoms with van der Waals surface area (Å²) in [6, 6.07) is -0.157. The van der Waals surface area contributed by atoms with Crippen LogP contribution < -0.4 is 0 Å². The van der Waals surface area contributed by atoms with Crippen molar-refractivity contribution in [1.82, 2.24) is 14.7 Å². The first-order valence-corrected chi connectivity index (χ1v) is 6.88. The fourth-order valence-corrected chi connectivity index (χ4v) is 2.86. The van der Waals surface area contributed by atoms with Crippen LogP contribution in [0.2, 0.25) is 0 Å². The fourth-order valence-electron chi connectivity index (χ4n) is 2.86. The molecule has 1 saturated heterocycles. The molecule has 21 heavy (non-hydrogen) atoms. The van der Waals surface area contributed by atoms with Gasteiger partial charge in [-0.05, 0) is 18.3 Å². The number of likely N-dealkylation sites (tertiary alicyclic amines) is 1. The van der Waals surface area contributed by atoms with Gasteiger partial charge in [0.25, 0.3) is 0 Å². The number of aromatic nitrogens is 2. The van der Waals surface area contributed by atoms with E-state index < -0.39 is 11.0 Å². The number of carbonyl (C=O) groups is 1. The monoisotopic (exact) mass is 296 g/mol. The van der Waals surface area contributed by atoms with Crippen LogP contribution in [0.25, 0.3) is 0 Å². The van der Waals surface area contributed by atoms with Crippen LogP contribution in [0.5, 0.6) is 0 Å². The molecule has 1 aliphatic heterocycles. The van der Waals surface area contributed by atoms with Crippen molar-refractivity contribution in [1.29, 1.82) is 0 Å². The number of piperidine rings is 1. The highest BCUT2D eigenvalue weighted by atomic mass is 16.6. The van der Waals surface area contributed by atoms with Gasteiger partial charge < -0.3 is 10.0 Å². The van der Waals surface area contributed by atoms with Crippen LogP contribution in [0.15, 0.2) is 12.4 Å². The zero-order valence-corrected chi connectivity index (χ0v) is 12.4. The maximum Gasteiger partial charge on any atom is 0.407 e. The SMILES string of the molecule is CC(C)(C)C1CC(n2cc([N+](=O)[O-])cn2)CCN1C(=O)O. The lowest BCUT2D eigenvalue weighted by Crippen LogP contribution is -2.51. The van der Waals surface area contributed by atoms with E-state index in [2.05, 4.69) is 5.10 Å². The van der Waals surface area contributed by atoms with Crippen molar-refractivity contribution in [3.05, 3.63) is 22.5 Å². The van der Waals surface area contributed by atoms with Crippen LogP contribution >= 0.6 is 0 Å². The normalized spacial score (nSPS) is 23.1. The maximum atomic E-state index is 11.4. The van der Waals surface area contributed by atoms with Crippen LogP contribution in [0.4, 0.5) is 10.5 Å². The summed E-state index contributed by atoms with van der Waals surface area (Å²) >= 11 is 0. The molecular formula is C13H20N4O4. The van der Waals surface area contributed by atoms with E-state index in [0.717, 1.165) is 0 Å². The molecule has 1 aromatic rings. The van der Waals surface area contributed by atoms with E-state index in [4.69, 9.17) is 0 Å². The second kappa shape index (κ2) is 5.34. The van der Waals surface area contributed by atoms with E-state index in [-0.39, 0.29) is 23.2 Å². The molecule has 2 rings (SSSR count). The molecule has 2 heterocycles. The van der Waals surface area contributed by atoms with Crippen LogP contribution in [-0.2, 0) is 0 Å². The second-order valence-electron chi connectivity index (χ2n) is 6.47. The van der Waals surface area contributed by atoms with Crippen molar-refractivity contribution in [2.24, 2.45) is 5.41 Å². The molecule has 1 amide bonds. The highest BCUT2D eigenvalue weighted by molar-refractivity contribution is 5.65. The van der Waals surface area contributed by atoms with Crippen molar-refractivity contribution in [3.63, 3.8) is 0 Å². The fraction of sp³-hybridized carbons (Fsp3) is 0.692. The maximum absolute atomic E-state index is 11.4. The zero-order valence-electron chi connectivity index (χ0n) is 12.4. The first-order chi connectivity index (χ1) is 9.70. The third-order valence-electron chi connectivity index (χ3n) is 3.99. The predicted octanol–water partition coefficient (Wildman–Crippen LogP) is 2.52. The van der Waals surface area contributed by atoms with Crippen molar-refractivity contribution in [2.75, 3.05) is 6.54 Å². The molecule has 1 N–H and O–H groups in total. The molecule has 2 unspecified atom stereocenters. The Kier molecular flexibility index (Phi) is 3.89. The van der Waals surface area contributed by atoms with Crippen LogP contribution in [0.3, 0.4) is 0 Å². The van der Waals surface area contributed by atoms with Crippen LogP contribution in [0.1, 0.15) is 39.7 Å². The first kappa shape index (κ1) is 15.3. The minimum absolute atomic E-state index is 0.0153. The molecule has 8 nitrogen and oxygen atoms in total. The van der Waals surface area contributed by atoms with Gasteiger partial charge in [0.05, 0.1) is 11.0 Å². The molecule has 1 aromatic heterocycles. The number of rotatable bonds is 2. The molecule has 0 aliphatic carbocycles. The molecule has 1 aliphatic rings. The van der Waals surface area contributed by atoms with E-state index in [1.165, 1.54) is 17.3 Å². The average molecular weight is 296 g/mol. The third-order valence-corrected chi connectivity index (χ3v) is 3.99. The van der Waals surface area contributed by atoms with Crippen molar-refractivity contribution in [3.8, 4) is 0 Å². The Labute approximate surface area is 122 Å².